The standard InChI is InChI=1S/C17H17N3O4/c1-19(12-14-4-3-9-18-11-14)15-7-5-13(6-8-17(21)24-2)10-16(15)20(22)23/h3-11H,12H2,1-2H3/b8-6+. The number of pyridine rings is 1. The van der Waals surface area contributed by atoms with E-state index in [9.17, 15) is 14.9 Å². The van der Waals surface area contributed by atoms with Crippen LogP contribution in [0.3, 0.4) is 0 Å². The van der Waals surface area contributed by atoms with Gasteiger partial charge in [-0.3, -0.25) is 15.1 Å². The first kappa shape index (κ1) is 17.1. The fourth-order valence-corrected chi connectivity index (χ4v) is 2.20. The highest BCUT2D eigenvalue weighted by Gasteiger charge is 2.17. The second kappa shape index (κ2) is 7.87. The van der Waals surface area contributed by atoms with Gasteiger partial charge in [-0.2, -0.15) is 0 Å². The third-order valence-electron chi connectivity index (χ3n) is 3.36. The largest absolute Gasteiger partial charge is 0.466 e. The molecule has 0 fully saturated rings. The molecule has 0 aliphatic carbocycles. The van der Waals surface area contributed by atoms with E-state index in [1.807, 2.05) is 12.1 Å². The molecule has 7 heteroatoms. The summed E-state index contributed by atoms with van der Waals surface area (Å²) in [6.45, 7) is 0.492. The van der Waals surface area contributed by atoms with E-state index in [1.54, 1.807) is 36.5 Å². The molecule has 2 aromatic rings. The zero-order valence-electron chi connectivity index (χ0n) is 13.4. The van der Waals surface area contributed by atoms with E-state index in [4.69, 9.17) is 0 Å². The fraction of sp³-hybridized carbons (Fsp3) is 0.176. The lowest BCUT2D eigenvalue weighted by atomic mass is 10.1. The fourth-order valence-electron chi connectivity index (χ4n) is 2.20. The minimum atomic E-state index is -0.518. The van der Waals surface area contributed by atoms with Crippen molar-refractivity contribution in [3.63, 3.8) is 0 Å². The van der Waals surface area contributed by atoms with Crippen molar-refractivity contribution in [1.82, 2.24) is 4.98 Å². The van der Waals surface area contributed by atoms with Crippen molar-refractivity contribution in [1.29, 1.82) is 0 Å². The molecule has 1 aromatic carbocycles. The maximum atomic E-state index is 11.4. The van der Waals surface area contributed by atoms with Crippen molar-refractivity contribution in [2.75, 3.05) is 19.1 Å². The molecule has 0 amide bonds. The van der Waals surface area contributed by atoms with E-state index < -0.39 is 10.9 Å². The van der Waals surface area contributed by atoms with Gasteiger partial charge in [-0.15, -0.1) is 0 Å². The molecule has 0 aliphatic rings. The Kier molecular flexibility index (Phi) is 5.62. The Morgan fingerprint density at radius 2 is 2.21 bits per heavy atom. The number of nitrogens with zero attached hydrogens (tertiary/aromatic N) is 3. The summed E-state index contributed by atoms with van der Waals surface area (Å²) in [6.07, 6.45) is 6.09. The second-order valence-electron chi connectivity index (χ2n) is 5.08. The molecule has 0 aliphatic heterocycles. The Morgan fingerprint density at radius 3 is 2.83 bits per heavy atom. The normalized spacial score (nSPS) is 10.6. The van der Waals surface area contributed by atoms with E-state index in [1.165, 1.54) is 25.3 Å². The zero-order chi connectivity index (χ0) is 17.5. The zero-order valence-corrected chi connectivity index (χ0v) is 13.4. The van der Waals surface area contributed by atoms with Crippen LogP contribution in [0.5, 0.6) is 0 Å². The van der Waals surface area contributed by atoms with Gasteiger partial charge in [0.15, 0.2) is 0 Å². The van der Waals surface area contributed by atoms with E-state index in [-0.39, 0.29) is 5.69 Å². The highest BCUT2D eigenvalue weighted by atomic mass is 16.6. The average Bonchev–Trinajstić information content (AvgIpc) is 2.60. The van der Waals surface area contributed by atoms with E-state index in [0.29, 0.717) is 17.8 Å². The molecule has 0 unspecified atom stereocenters. The van der Waals surface area contributed by atoms with Crippen LogP contribution in [0, 0.1) is 10.1 Å². The average molecular weight is 327 g/mol. The number of rotatable bonds is 6. The van der Waals surface area contributed by atoms with Gasteiger partial charge in [0.1, 0.15) is 5.69 Å². The van der Waals surface area contributed by atoms with Crippen molar-refractivity contribution in [2.24, 2.45) is 0 Å². The van der Waals surface area contributed by atoms with E-state index in [0.717, 1.165) is 5.56 Å². The molecule has 1 heterocycles. The summed E-state index contributed by atoms with van der Waals surface area (Å²) in [5.74, 6) is -0.518. The van der Waals surface area contributed by atoms with Gasteiger partial charge in [0.2, 0.25) is 0 Å². The smallest absolute Gasteiger partial charge is 0.330 e. The maximum absolute atomic E-state index is 11.4. The Bertz CT molecular complexity index is 760. The summed E-state index contributed by atoms with van der Waals surface area (Å²) in [6, 6.07) is 8.52. The number of methoxy groups -OCH3 is 1. The van der Waals surface area contributed by atoms with Gasteiger partial charge >= 0.3 is 5.97 Å². The molecule has 0 radical (unpaired) electrons. The predicted octanol–water partition coefficient (Wildman–Crippen LogP) is 2.81. The van der Waals surface area contributed by atoms with Crippen LogP contribution in [0.25, 0.3) is 6.08 Å². The lowest BCUT2D eigenvalue weighted by Crippen LogP contribution is -2.17. The summed E-state index contributed by atoms with van der Waals surface area (Å²) in [4.78, 5) is 27.9. The summed E-state index contributed by atoms with van der Waals surface area (Å²) in [7, 11) is 3.05. The number of aromatic nitrogens is 1. The van der Waals surface area contributed by atoms with Gasteiger partial charge < -0.3 is 9.64 Å². The van der Waals surface area contributed by atoms with Crippen LogP contribution >= 0.6 is 0 Å². The van der Waals surface area contributed by atoms with Gasteiger partial charge in [-0.05, 0) is 29.3 Å². The summed E-state index contributed by atoms with van der Waals surface area (Å²) < 4.78 is 4.50. The molecule has 0 bridgehead atoms. The van der Waals surface area contributed by atoms with Gasteiger partial charge in [0.25, 0.3) is 5.69 Å². The van der Waals surface area contributed by atoms with Crippen LogP contribution in [0.4, 0.5) is 11.4 Å². The van der Waals surface area contributed by atoms with Crippen LogP contribution in [0.1, 0.15) is 11.1 Å². The van der Waals surface area contributed by atoms with Crippen molar-refractivity contribution >= 4 is 23.4 Å². The number of ether oxygens (including phenoxy) is 1. The number of esters is 1. The Hall–Kier alpha value is -3.22. The Balaban J connectivity index is 2.27. The molecule has 0 N–H and O–H groups in total. The van der Waals surface area contributed by atoms with Crippen LogP contribution in [0.15, 0.2) is 48.8 Å². The van der Waals surface area contributed by atoms with Crippen LogP contribution in [0.2, 0.25) is 0 Å². The Labute approximate surface area is 139 Å². The first-order chi connectivity index (χ1) is 11.5. The van der Waals surface area contributed by atoms with Gasteiger partial charge in [-0.25, -0.2) is 4.79 Å². The minimum absolute atomic E-state index is 0.0339. The Morgan fingerprint density at radius 1 is 1.42 bits per heavy atom. The molecule has 0 saturated carbocycles. The van der Waals surface area contributed by atoms with Crippen molar-refractivity contribution in [3.05, 3.63) is 70.0 Å². The highest BCUT2D eigenvalue weighted by molar-refractivity contribution is 5.87. The second-order valence-corrected chi connectivity index (χ2v) is 5.08. The molecule has 1 aromatic heterocycles. The molecular formula is C17H17N3O4. The number of carbonyl (C=O) groups excluding carboxylic acids is 1. The molecule has 24 heavy (non-hydrogen) atoms. The molecule has 7 nitrogen and oxygen atoms in total. The SMILES string of the molecule is COC(=O)/C=C/c1ccc(N(C)Cc2cccnc2)c([N+](=O)[O-])c1. The monoisotopic (exact) mass is 327 g/mol. The minimum Gasteiger partial charge on any atom is -0.466 e. The topological polar surface area (TPSA) is 85.6 Å². The number of benzene rings is 1. The van der Waals surface area contributed by atoms with Crippen molar-refractivity contribution in [2.45, 2.75) is 6.54 Å². The highest BCUT2D eigenvalue weighted by Crippen LogP contribution is 2.29. The van der Waals surface area contributed by atoms with Crippen molar-refractivity contribution < 1.29 is 14.5 Å². The molecule has 0 atom stereocenters. The predicted molar refractivity (Wildman–Crippen MR) is 90.5 cm³/mol. The number of hydrogen-bond donors (Lipinski definition) is 0. The number of nitro benzene ring substituents is 1. The van der Waals surface area contributed by atoms with Gasteiger partial charge in [0, 0.05) is 38.1 Å². The first-order valence-electron chi connectivity index (χ1n) is 7.15. The molecular weight excluding hydrogens is 310 g/mol. The summed E-state index contributed by atoms with van der Waals surface area (Å²) >= 11 is 0. The van der Waals surface area contributed by atoms with Crippen molar-refractivity contribution in [3.8, 4) is 0 Å². The number of nitro groups is 1. The van der Waals surface area contributed by atoms with Crippen LogP contribution in [-0.2, 0) is 16.1 Å². The lowest BCUT2D eigenvalue weighted by molar-refractivity contribution is -0.384. The van der Waals surface area contributed by atoms with E-state index in [2.05, 4.69) is 9.72 Å². The first-order valence-corrected chi connectivity index (χ1v) is 7.15. The third-order valence-corrected chi connectivity index (χ3v) is 3.36. The van der Waals surface area contributed by atoms with Crippen LogP contribution < -0.4 is 4.90 Å². The molecule has 2 rings (SSSR count). The van der Waals surface area contributed by atoms with Gasteiger partial charge in [-0.1, -0.05) is 12.1 Å². The number of anilines is 1. The number of hydrogen-bond acceptors (Lipinski definition) is 6. The lowest BCUT2D eigenvalue weighted by Gasteiger charge is -2.19. The number of carbonyl (C=O) groups is 1. The summed E-state index contributed by atoms with van der Waals surface area (Å²) in [5, 5.41) is 11.4. The van der Waals surface area contributed by atoms with E-state index >= 15 is 0 Å². The molecule has 0 spiro atoms. The van der Waals surface area contributed by atoms with Gasteiger partial charge in [0.05, 0.1) is 12.0 Å². The van der Waals surface area contributed by atoms with Crippen LogP contribution in [-0.4, -0.2) is 30.0 Å². The third kappa shape index (κ3) is 4.39. The summed E-state index contributed by atoms with van der Waals surface area (Å²) in [5.41, 5.74) is 1.95. The quantitative estimate of drug-likeness (QED) is 0.351. The molecule has 0 saturated heterocycles. The molecule has 124 valence electrons. The maximum Gasteiger partial charge on any atom is 0.330 e.